The van der Waals surface area contributed by atoms with Crippen LogP contribution in [-0.2, 0) is 28.9 Å². The SMILES string of the molecule is CCCCCCCCC/C=C\CCCCCCCC(=O)NC(COC1OC(CO)C(O)C(OS(=O)(=O)O)C1O)C(O)/C=C/CCCCCCCCCCCCCCCCCCC. The van der Waals surface area contributed by atoms with Gasteiger partial charge in [0, 0.05) is 6.42 Å². The molecule has 13 heteroatoms. The highest BCUT2D eigenvalue weighted by Gasteiger charge is 2.48. The third kappa shape index (κ3) is 32.3. The molecule has 1 aliphatic heterocycles. The standard InChI is InChI=1S/C49H93NO11S/c1-3-5-7-9-11-13-15-17-19-21-22-23-24-26-28-30-32-34-36-38-43(52)42(41-59-49-47(55)48(61-62(56,57)58)46(54)44(40-51)60-49)50-45(53)39-37-35-33-31-29-27-25-20-18-16-14-12-10-8-6-4-2/h20,25,36,38,42-44,46-49,51-52,54-55H,3-19,21-24,26-35,37,39-41H2,1-2H3,(H,50,53)(H,56,57,58)/b25-20-,38-36+. The van der Waals surface area contributed by atoms with Gasteiger partial charge in [0.2, 0.25) is 5.91 Å². The average molecular weight is 904 g/mol. The number of unbranched alkanes of at least 4 members (excludes halogenated alkanes) is 29. The van der Waals surface area contributed by atoms with Gasteiger partial charge in [0.15, 0.2) is 6.29 Å². The summed E-state index contributed by atoms with van der Waals surface area (Å²) >= 11 is 0. The zero-order valence-corrected chi connectivity index (χ0v) is 40.0. The maximum atomic E-state index is 13.0. The number of aliphatic hydroxyl groups excluding tert-OH is 4. The van der Waals surface area contributed by atoms with E-state index in [0.717, 1.165) is 57.8 Å². The highest BCUT2D eigenvalue weighted by Crippen LogP contribution is 2.26. The molecule has 12 nitrogen and oxygen atoms in total. The van der Waals surface area contributed by atoms with Gasteiger partial charge in [0.25, 0.3) is 0 Å². The van der Waals surface area contributed by atoms with E-state index in [-0.39, 0.29) is 18.9 Å². The summed E-state index contributed by atoms with van der Waals surface area (Å²) in [6, 6.07) is -0.946. The molecule has 7 atom stereocenters. The summed E-state index contributed by atoms with van der Waals surface area (Å²) in [5.74, 6) is -0.270. The molecule has 0 aliphatic carbocycles. The topological polar surface area (TPSA) is 192 Å². The van der Waals surface area contributed by atoms with Crippen molar-refractivity contribution in [2.24, 2.45) is 0 Å². The molecule has 1 rings (SSSR count). The first-order chi connectivity index (χ1) is 30.0. The fraction of sp³-hybridized carbons (Fsp3) is 0.898. The van der Waals surface area contributed by atoms with Crippen molar-refractivity contribution in [3.8, 4) is 0 Å². The van der Waals surface area contributed by atoms with Crippen LogP contribution in [-0.4, -0.2) is 95.4 Å². The molecule has 0 saturated carbocycles. The number of hydrogen-bond acceptors (Lipinski definition) is 10. The molecule has 1 fully saturated rings. The normalized spacial score (nSPS) is 20.7. The van der Waals surface area contributed by atoms with E-state index in [1.165, 1.54) is 141 Å². The van der Waals surface area contributed by atoms with Gasteiger partial charge in [-0.3, -0.25) is 9.35 Å². The van der Waals surface area contributed by atoms with E-state index in [9.17, 15) is 38.2 Å². The molecule has 0 spiro atoms. The van der Waals surface area contributed by atoms with Gasteiger partial charge >= 0.3 is 10.4 Å². The minimum Gasteiger partial charge on any atom is -0.394 e. The molecule has 366 valence electrons. The Morgan fingerprint density at radius 1 is 0.629 bits per heavy atom. The number of hydrogen-bond donors (Lipinski definition) is 6. The molecular weight excluding hydrogens is 811 g/mol. The maximum absolute atomic E-state index is 13.0. The fourth-order valence-corrected chi connectivity index (χ4v) is 8.55. The summed E-state index contributed by atoms with van der Waals surface area (Å²) in [6.45, 7) is 3.40. The van der Waals surface area contributed by atoms with Gasteiger partial charge in [0.05, 0.1) is 25.4 Å². The van der Waals surface area contributed by atoms with Crippen molar-refractivity contribution in [2.45, 2.75) is 269 Å². The van der Waals surface area contributed by atoms with Crippen molar-refractivity contribution >= 4 is 16.3 Å². The highest BCUT2D eigenvalue weighted by atomic mass is 32.3. The van der Waals surface area contributed by atoms with E-state index < -0.39 is 59.9 Å². The molecule has 0 radical (unpaired) electrons. The van der Waals surface area contributed by atoms with E-state index in [2.05, 4.69) is 35.5 Å². The van der Waals surface area contributed by atoms with Crippen molar-refractivity contribution in [2.75, 3.05) is 13.2 Å². The lowest BCUT2D eigenvalue weighted by Crippen LogP contribution is -2.61. The molecule has 6 N–H and O–H groups in total. The summed E-state index contributed by atoms with van der Waals surface area (Å²) < 4.78 is 47.7. The number of ether oxygens (including phenoxy) is 2. The zero-order chi connectivity index (χ0) is 45.5. The third-order valence-electron chi connectivity index (χ3n) is 12.0. The molecule has 1 aliphatic rings. The van der Waals surface area contributed by atoms with Gasteiger partial charge in [0.1, 0.15) is 24.4 Å². The summed E-state index contributed by atoms with van der Waals surface area (Å²) in [6.07, 6.45) is 37.8. The molecular formula is C49H93NO11S. The van der Waals surface area contributed by atoms with Crippen LogP contribution in [0.3, 0.4) is 0 Å². The Bertz CT molecular complexity index is 1200. The number of nitrogens with one attached hydrogen (secondary N) is 1. The first kappa shape index (κ1) is 58.6. The van der Waals surface area contributed by atoms with Crippen LogP contribution in [0.2, 0.25) is 0 Å². The average Bonchev–Trinajstić information content (AvgIpc) is 3.24. The Morgan fingerprint density at radius 2 is 1.03 bits per heavy atom. The molecule has 1 saturated heterocycles. The maximum Gasteiger partial charge on any atom is 0.397 e. The van der Waals surface area contributed by atoms with Gasteiger partial charge in [-0.1, -0.05) is 199 Å². The second kappa shape index (κ2) is 39.9. The Kier molecular flexibility index (Phi) is 37.7. The second-order valence-electron chi connectivity index (χ2n) is 17.8. The molecule has 0 bridgehead atoms. The van der Waals surface area contributed by atoms with E-state index in [4.69, 9.17) is 9.47 Å². The van der Waals surface area contributed by atoms with Gasteiger partial charge in [-0.05, 0) is 44.9 Å². The molecule has 0 aromatic rings. The van der Waals surface area contributed by atoms with Crippen LogP contribution >= 0.6 is 0 Å². The predicted octanol–water partition coefficient (Wildman–Crippen LogP) is 10.5. The molecule has 62 heavy (non-hydrogen) atoms. The van der Waals surface area contributed by atoms with Crippen LogP contribution in [0, 0.1) is 0 Å². The summed E-state index contributed by atoms with van der Waals surface area (Å²) in [7, 11) is -5.09. The number of amides is 1. The van der Waals surface area contributed by atoms with E-state index in [1.807, 2.05) is 6.08 Å². The predicted molar refractivity (Wildman–Crippen MR) is 250 cm³/mol. The van der Waals surface area contributed by atoms with Gasteiger partial charge in [-0.2, -0.15) is 8.42 Å². The molecule has 0 aromatic heterocycles. The summed E-state index contributed by atoms with van der Waals surface area (Å²) in [4.78, 5) is 13.0. The number of carbonyl (C=O) groups is 1. The van der Waals surface area contributed by atoms with E-state index in [1.54, 1.807) is 6.08 Å². The number of rotatable bonds is 43. The number of aliphatic hydroxyl groups is 4. The van der Waals surface area contributed by atoms with Gasteiger partial charge in [-0.25, -0.2) is 4.18 Å². The first-order valence-corrected chi connectivity index (χ1v) is 26.6. The fourth-order valence-electron chi connectivity index (χ4n) is 8.04. The van der Waals surface area contributed by atoms with Crippen LogP contribution in [0.25, 0.3) is 0 Å². The monoisotopic (exact) mass is 904 g/mol. The zero-order valence-electron chi connectivity index (χ0n) is 39.2. The number of allylic oxidation sites excluding steroid dienone is 3. The van der Waals surface area contributed by atoms with Crippen LogP contribution in [0.15, 0.2) is 24.3 Å². The van der Waals surface area contributed by atoms with Crippen LogP contribution in [0.5, 0.6) is 0 Å². The second-order valence-corrected chi connectivity index (χ2v) is 18.8. The number of carbonyl (C=O) groups excluding carboxylic acids is 1. The summed E-state index contributed by atoms with van der Waals surface area (Å²) in [5.41, 5.74) is 0. The molecule has 1 heterocycles. The minimum absolute atomic E-state index is 0.260. The smallest absolute Gasteiger partial charge is 0.394 e. The minimum atomic E-state index is -5.09. The lowest BCUT2D eigenvalue weighted by molar-refractivity contribution is -0.298. The van der Waals surface area contributed by atoms with Crippen molar-refractivity contribution in [3.05, 3.63) is 24.3 Å². The van der Waals surface area contributed by atoms with E-state index >= 15 is 0 Å². The lowest BCUT2D eigenvalue weighted by Gasteiger charge is -2.41. The van der Waals surface area contributed by atoms with Crippen LogP contribution < -0.4 is 5.32 Å². The molecule has 0 aromatic carbocycles. The van der Waals surface area contributed by atoms with Crippen molar-refractivity contribution in [1.82, 2.24) is 5.32 Å². The molecule has 1 amide bonds. The largest absolute Gasteiger partial charge is 0.397 e. The highest BCUT2D eigenvalue weighted by molar-refractivity contribution is 7.80. The van der Waals surface area contributed by atoms with Crippen molar-refractivity contribution < 1.29 is 51.8 Å². The van der Waals surface area contributed by atoms with Crippen molar-refractivity contribution in [1.29, 1.82) is 0 Å². The Balaban J connectivity index is 2.48. The quantitative estimate of drug-likeness (QED) is 0.0194. The van der Waals surface area contributed by atoms with Crippen molar-refractivity contribution in [3.63, 3.8) is 0 Å². The molecule has 7 unspecified atom stereocenters. The van der Waals surface area contributed by atoms with E-state index in [0.29, 0.717) is 6.42 Å². The Morgan fingerprint density at radius 3 is 1.45 bits per heavy atom. The lowest BCUT2D eigenvalue weighted by atomic mass is 9.99. The Hall–Kier alpha value is -1.42. The van der Waals surface area contributed by atoms with Gasteiger partial charge < -0.3 is 35.2 Å². The van der Waals surface area contributed by atoms with Gasteiger partial charge in [-0.15, -0.1) is 0 Å². The van der Waals surface area contributed by atoms with Crippen LogP contribution in [0.1, 0.15) is 226 Å². The first-order valence-electron chi connectivity index (χ1n) is 25.2. The van der Waals surface area contributed by atoms with Crippen LogP contribution in [0.4, 0.5) is 0 Å². The third-order valence-corrected chi connectivity index (χ3v) is 12.4. The summed E-state index contributed by atoms with van der Waals surface area (Å²) in [5, 5.41) is 44.8. The Labute approximate surface area is 378 Å².